The second kappa shape index (κ2) is 5.05. The Kier molecular flexibility index (Phi) is 3.49. The highest BCUT2D eigenvalue weighted by atomic mass is 79.9. The molecule has 5 heteroatoms. The SMILES string of the molecule is COc1cc(Nc2cccnc2N)ccc1Br. The molecule has 0 radical (unpaired) electrons. The Labute approximate surface area is 108 Å². The number of methoxy groups -OCH3 is 1. The van der Waals surface area contributed by atoms with Gasteiger partial charge in [-0.1, -0.05) is 0 Å². The zero-order chi connectivity index (χ0) is 12.3. The van der Waals surface area contributed by atoms with Gasteiger partial charge in [0.05, 0.1) is 17.3 Å². The minimum Gasteiger partial charge on any atom is -0.495 e. The largest absolute Gasteiger partial charge is 0.495 e. The van der Waals surface area contributed by atoms with Crippen LogP contribution < -0.4 is 15.8 Å². The van der Waals surface area contributed by atoms with E-state index < -0.39 is 0 Å². The normalized spacial score (nSPS) is 10.0. The lowest BCUT2D eigenvalue weighted by Crippen LogP contribution is -1.98. The molecular formula is C12H12BrN3O. The molecule has 2 aromatic rings. The van der Waals surface area contributed by atoms with Gasteiger partial charge < -0.3 is 15.8 Å². The van der Waals surface area contributed by atoms with E-state index in [0.717, 1.165) is 21.6 Å². The third-order valence-electron chi connectivity index (χ3n) is 2.27. The number of anilines is 3. The monoisotopic (exact) mass is 293 g/mol. The van der Waals surface area contributed by atoms with Crippen LogP contribution in [0.15, 0.2) is 41.0 Å². The van der Waals surface area contributed by atoms with E-state index >= 15 is 0 Å². The van der Waals surface area contributed by atoms with Gasteiger partial charge in [0.25, 0.3) is 0 Å². The van der Waals surface area contributed by atoms with E-state index in [4.69, 9.17) is 10.5 Å². The van der Waals surface area contributed by atoms with E-state index in [1.807, 2.05) is 30.3 Å². The van der Waals surface area contributed by atoms with Gasteiger partial charge in [0.2, 0.25) is 0 Å². The van der Waals surface area contributed by atoms with Crippen LogP contribution in [-0.2, 0) is 0 Å². The molecule has 3 N–H and O–H groups in total. The molecule has 1 aromatic carbocycles. The van der Waals surface area contributed by atoms with Crippen LogP contribution in [0.4, 0.5) is 17.2 Å². The Morgan fingerprint density at radius 1 is 1.35 bits per heavy atom. The van der Waals surface area contributed by atoms with Gasteiger partial charge in [-0.25, -0.2) is 4.98 Å². The number of nitrogens with zero attached hydrogens (tertiary/aromatic N) is 1. The molecule has 2 rings (SSSR count). The molecule has 1 heterocycles. The van der Waals surface area contributed by atoms with Gasteiger partial charge in [0.1, 0.15) is 11.6 Å². The van der Waals surface area contributed by atoms with E-state index in [9.17, 15) is 0 Å². The van der Waals surface area contributed by atoms with Crippen molar-refractivity contribution >= 4 is 33.1 Å². The summed E-state index contributed by atoms with van der Waals surface area (Å²) in [5.74, 6) is 1.23. The van der Waals surface area contributed by atoms with Gasteiger partial charge in [-0.3, -0.25) is 0 Å². The van der Waals surface area contributed by atoms with Gasteiger partial charge >= 0.3 is 0 Å². The van der Waals surface area contributed by atoms with E-state index in [1.54, 1.807) is 13.3 Å². The third kappa shape index (κ3) is 2.68. The topological polar surface area (TPSA) is 60.2 Å². The predicted molar refractivity (Wildman–Crippen MR) is 72.6 cm³/mol. The van der Waals surface area contributed by atoms with Crippen molar-refractivity contribution in [3.63, 3.8) is 0 Å². The molecule has 0 bridgehead atoms. The molecule has 0 saturated heterocycles. The number of hydrogen-bond donors (Lipinski definition) is 2. The van der Waals surface area contributed by atoms with E-state index in [1.165, 1.54) is 0 Å². The van der Waals surface area contributed by atoms with Crippen molar-refractivity contribution in [3.8, 4) is 5.75 Å². The third-order valence-corrected chi connectivity index (χ3v) is 2.92. The van der Waals surface area contributed by atoms with Crippen LogP contribution in [0.5, 0.6) is 5.75 Å². The minimum absolute atomic E-state index is 0.467. The fourth-order valence-electron chi connectivity index (χ4n) is 1.42. The van der Waals surface area contributed by atoms with Crippen molar-refractivity contribution in [1.29, 1.82) is 0 Å². The van der Waals surface area contributed by atoms with Gasteiger partial charge in [-0.2, -0.15) is 0 Å². The standard InChI is InChI=1S/C12H12BrN3O/c1-17-11-7-8(4-5-9(11)13)16-10-3-2-6-15-12(10)14/h2-7,16H,1H3,(H2,14,15). The molecule has 0 atom stereocenters. The van der Waals surface area contributed by atoms with Crippen LogP contribution in [0, 0.1) is 0 Å². The molecule has 0 unspecified atom stereocenters. The number of benzene rings is 1. The Bertz CT molecular complexity index is 531. The summed E-state index contributed by atoms with van der Waals surface area (Å²) >= 11 is 3.40. The summed E-state index contributed by atoms with van der Waals surface area (Å²) in [6.07, 6.45) is 1.66. The fourth-order valence-corrected chi connectivity index (χ4v) is 1.82. The van der Waals surface area contributed by atoms with E-state index in [2.05, 4.69) is 26.2 Å². The Morgan fingerprint density at radius 3 is 2.88 bits per heavy atom. The molecule has 0 aliphatic heterocycles. The molecule has 0 spiro atoms. The number of ether oxygens (including phenoxy) is 1. The number of nitrogens with one attached hydrogen (secondary N) is 1. The highest BCUT2D eigenvalue weighted by Crippen LogP contribution is 2.30. The molecular weight excluding hydrogens is 282 g/mol. The van der Waals surface area contributed by atoms with Gasteiger partial charge in [-0.15, -0.1) is 0 Å². The van der Waals surface area contributed by atoms with Gasteiger partial charge in [0.15, 0.2) is 0 Å². The number of hydrogen-bond acceptors (Lipinski definition) is 4. The summed E-state index contributed by atoms with van der Waals surface area (Å²) < 4.78 is 6.13. The van der Waals surface area contributed by atoms with Gasteiger partial charge in [-0.05, 0) is 40.2 Å². The number of halogens is 1. The van der Waals surface area contributed by atoms with Crippen LogP contribution in [0.2, 0.25) is 0 Å². The lowest BCUT2D eigenvalue weighted by atomic mass is 10.3. The summed E-state index contributed by atoms with van der Waals surface area (Å²) in [7, 11) is 1.63. The summed E-state index contributed by atoms with van der Waals surface area (Å²) in [6, 6.07) is 9.43. The summed E-state index contributed by atoms with van der Waals surface area (Å²) in [4.78, 5) is 4.01. The first-order valence-electron chi connectivity index (χ1n) is 5.02. The maximum absolute atomic E-state index is 5.75. The first-order valence-corrected chi connectivity index (χ1v) is 5.81. The summed E-state index contributed by atoms with van der Waals surface area (Å²) in [5.41, 5.74) is 7.42. The van der Waals surface area contributed by atoms with Crippen molar-refractivity contribution in [3.05, 3.63) is 41.0 Å². The fraction of sp³-hybridized carbons (Fsp3) is 0.0833. The lowest BCUT2D eigenvalue weighted by Gasteiger charge is -2.10. The average Bonchev–Trinajstić information content (AvgIpc) is 2.34. The molecule has 4 nitrogen and oxygen atoms in total. The van der Waals surface area contributed by atoms with Gasteiger partial charge in [0, 0.05) is 18.0 Å². The first-order chi connectivity index (χ1) is 8.20. The maximum atomic E-state index is 5.75. The quantitative estimate of drug-likeness (QED) is 0.912. The number of nitrogen functional groups attached to an aromatic ring is 1. The Balaban J connectivity index is 2.28. The van der Waals surface area contributed by atoms with E-state index in [0.29, 0.717) is 5.82 Å². The molecule has 88 valence electrons. The Hall–Kier alpha value is -1.75. The zero-order valence-electron chi connectivity index (χ0n) is 9.27. The van der Waals surface area contributed by atoms with Crippen molar-refractivity contribution in [2.45, 2.75) is 0 Å². The molecule has 1 aromatic heterocycles. The Morgan fingerprint density at radius 2 is 2.18 bits per heavy atom. The summed E-state index contributed by atoms with van der Waals surface area (Å²) in [5, 5.41) is 3.19. The van der Waals surface area contributed by atoms with Crippen molar-refractivity contribution in [1.82, 2.24) is 4.98 Å². The molecule has 0 aliphatic carbocycles. The number of pyridine rings is 1. The van der Waals surface area contributed by atoms with Crippen LogP contribution in [0.3, 0.4) is 0 Å². The van der Waals surface area contributed by atoms with Crippen molar-refractivity contribution < 1.29 is 4.74 Å². The molecule has 17 heavy (non-hydrogen) atoms. The van der Waals surface area contributed by atoms with E-state index in [-0.39, 0.29) is 0 Å². The predicted octanol–water partition coefficient (Wildman–Crippen LogP) is 3.18. The van der Waals surface area contributed by atoms with Crippen LogP contribution in [0.25, 0.3) is 0 Å². The lowest BCUT2D eigenvalue weighted by molar-refractivity contribution is 0.412. The second-order valence-electron chi connectivity index (χ2n) is 3.41. The molecule has 0 aliphatic rings. The summed E-state index contributed by atoms with van der Waals surface area (Å²) in [6.45, 7) is 0. The second-order valence-corrected chi connectivity index (χ2v) is 4.26. The first kappa shape index (κ1) is 11.7. The molecule has 0 amide bonds. The number of rotatable bonds is 3. The highest BCUT2D eigenvalue weighted by Gasteiger charge is 2.03. The van der Waals surface area contributed by atoms with Crippen LogP contribution in [-0.4, -0.2) is 12.1 Å². The maximum Gasteiger partial charge on any atom is 0.147 e. The van der Waals surface area contributed by atoms with Crippen LogP contribution >= 0.6 is 15.9 Å². The number of aromatic nitrogens is 1. The molecule has 0 fully saturated rings. The van der Waals surface area contributed by atoms with Crippen LogP contribution in [0.1, 0.15) is 0 Å². The highest BCUT2D eigenvalue weighted by molar-refractivity contribution is 9.10. The zero-order valence-corrected chi connectivity index (χ0v) is 10.9. The van der Waals surface area contributed by atoms with Crippen molar-refractivity contribution in [2.24, 2.45) is 0 Å². The minimum atomic E-state index is 0.467. The van der Waals surface area contributed by atoms with Crippen molar-refractivity contribution in [2.75, 3.05) is 18.2 Å². The average molecular weight is 294 g/mol. The smallest absolute Gasteiger partial charge is 0.147 e. The molecule has 0 saturated carbocycles. The number of nitrogens with two attached hydrogens (primary N) is 1.